The highest BCUT2D eigenvalue weighted by Gasteiger charge is 2.21. The lowest BCUT2D eigenvalue weighted by molar-refractivity contribution is -0.384. The summed E-state index contributed by atoms with van der Waals surface area (Å²) in [4.78, 5) is 26.3. The highest BCUT2D eigenvalue weighted by atomic mass is 16.6. The van der Waals surface area contributed by atoms with Crippen LogP contribution in [0.5, 0.6) is 0 Å². The zero-order valence-electron chi connectivity index (χ0n) is 15.6. The smallest absolute Gasteiger partial charge is 0.405 e. The molecule has 0 aromatic heterocycles. The van der Waals surface area contributed by atoms with E-state index in [9.17, 15) is 14.9 Å². The number of nitrogens with zero attached hydrogens (tertiary/aromatic N) is 3. The molecule has 8 nitrogen and oxygen atoms in total. The highest BCUT2D eigenvalue weighted by Crippen LogP contribution is 2.25. The van der Waals surface area contributed by atoms with E-state index in [1.807, 2.05) is 18.2 Å². The van der Waals surface area contributed by atoms with Gasteiger partial charge in [0.05, 0.1) is 4.92 Å². The topological polar surface area (TPSA) is 102 Å². The van der Waals surface area contributed by atoms with Gasteiger partial charge in [0.15, 0.2) is 0 Å². The molecule has 28 heavy (non-hydrogen) atoms. The first-order chi connectivity index (χ1) is 13.5. The number of hydrogen-bond acceptors (Lipinski definition) is 6. The minimum atomic E-state index is -0.850. The molecule has 0 spiro atoms. The van der Waals surface area contributed by atoms with E-state index < -0.39 is 17.1 Å². The van der Waals surface area contributed by atoms with Gasteiger partial charge >= 0.3 is 6.09 Å². The van der Waals surface area contributed by atoms with Gasteiger partial charge in [0.1, 0.15) is 6.10 Å². The van der Waals surface area contributed by atoms with Gasteiger partial charge < -0.3 is 15.4 Å². The molecule has 0 radical (unpaired) electrons. The number of non-ortho nitro benzene ring substituents is 1. The van der Waals surface area contributed by atoms with Crippen molar-refractivity contribution in [2.24, 2.45) is 5.73 Å². The van der Waals surface area contributed by atoms with Crippen LogP contribution in [0.3, 0.4) is 0 Å². The Bertz CT molecular complexity index is 790. The van der Waals surface area contributed by atoms with Crippen LogP contribution in [0.2, 0.25) is 0 Å². The van der Waals surface area contributed by atoms with Crippen LogP contribution in [0.4, 0.5) is 16.2 Å². The molecule has 2 aromatic rings. The minimum absolute atomic E-state index is 0.00129. The molecular formula is C20H24N4O4. The molecule has 1 saturated heterocycles. The number of ether oxygens (including phenoxy) is 1. The fraction of sp³-hybridized carbons (Fsp3) is 0.350. The highest BCUT2D eigenvalue weighted by molar-refractivity contribution is 5.65. The van der Waals surface area contributed by atoms with E-state index in [4.69, 9.17) is 10.5 Å². The van der Waals surface area contributed by atoms with Gasteiger partial charge in [-0.25, -0.2) is 4.79 Å². The third kappa shape index (κ3) is 5.20. The number of piperazine rings is 1. The Labute approximate surface area is 163 Å². The molecule has 8 heteroatoms. The van der Waals surface area contributed by atoms with E-state index in [1.165, 1.54) is 17.8 Å². The Balaban J connectivity index is 1.55. The minimum Gasteiger partial charge on any atom is -0.441 e. The number of carbonyl (C=O) groups excluding carboxylic acids is 1. The van der Waals surface area contributed by atoms with Crippen LogP contribution in [0, 0.1) is 10.1 Å². The van der Waals surface area contributed by atoms with Crippen LogP contribution in [0.25, 0.3) is 0 Å². The maximum absolute atomic E-state index is 11.3. The lowest BCUT2D eigenvalue weighted by Gasteiger charge is -2.36. The molecule has 1 amide bonds. The van der Waals surface area contributed by atoms with Crippen LogP contribution in [-0.4, -0.2) is 48.6 Å². The summed E-state index contributed by atoms with van der Waals surface area (Å²) in [5, 5.41) is 10.8. The molecule has 0 saturated carbocycles. The SMILES string of the molecule is NC(=O)OC(CCN1CCN(c2ccccc2)CC1)c1ccc([N+](=O)[O-])cc1. The molecule has 1 atom stereocenters. The zero-order valence-corrected chi connectivity index (χ0v) is 15.6. The predicted octanol–water partition coefficient (Wildman–Crippen LogP) is 2.94. The van der Waals surface area contributed by atoms with Gasteiger partial charge in [0.25, 0.3) is 5.69 Å². The Morgan fingerprint density at radius 2 is 1.71 bits per heavy atom. The van der Waals surface area contributed by atoms with E-state index in [-0.39, 0.29) is 5.69 Å². The second-order valence-corrected chi connectivity index (χ2v) is 6.73. The van der Waals surface area contributed by atoms with Crippen LogP contribution >= 0.6 is 0 Å². The maximum Gasteiger partial charge on any atom is 0.405 e. The number of hydrogen-bond donors (Lipinski definition) is 1. The normalized spacial score (nSPS) is 15.8. The Morgan fingerprint density at radius 1 is 1.07 bits per heavy atom. The number of nitrogens with two attached hydrogens (primary N) is 1. The van der Waals surface area contributed by atoms with Crippen molar-refractivity contribution in [1.29, 1.82) is 0 Å². The average Bonchev–Trinajstić information content (AvgIpc) is 2.72. The molecule has 1 heterocycles. The van der Waals surface area contributed by atoms with Crippen LogP contribution in [0.1, 0.15) is 18.1 Å². The summed E-state index contributed by atoms with van der Waals surface area (Å²) in [5.74, 6) is 0. The number of benzene rings is 2. The van der Waals surface area contributed by atoms with Crippen molar-refractivity contribution < 1.29 is 14.5 Å². The Kier molecular flexibility index (Phi) is 6.44. The molecule has 1 aliphatic rings. The molecule has 3 rings (SSSR count). The Morgan fingerprint density at radius 3 is 2.29 bits per heavy atom. The second kappa shape index (κ2) is 9.18. The molecule has 1 unspecified atom stereocenters. The predicted molar refractivity (Wildman–Crippen MR) is 106 cm³/mol. The monoisotopic (exact) mass is 384 g/mol. The summed E-state index contributed by atoms with van der Waals surface area (Å²) in [5.41, 5.74) is 7.14. The lowest BCUT2D eigenvalue weighted by atomic mass is 10.1. The van der Waals surface area contributed by atoms with E-state index in [2.05, 4.69) is 21.9 Å². The van der Waals surface area contributed by atoms with Gasteiger partial charge in [0.2, 0.25) is 0 Å². The van der Waals surface area contributed by atoms with E-state index in [1.54, 1.807) is 12.1 Å². The fourth-order valence-corrected chi connectivity index (χ4v) is 3.41. The number of para-hydroxylation sites is 1. The van der Waals surface area contributed by atoms with Gasteiger partial charge in [-0.05, 0) is 29.8 Å². The number of nitro benzene ring substituents is 1. The first kappa shape index (κ1) is 19.6. The zero-order chi connectivity index (χ0) is 19.9. The third-order valence-electron chi connectivity index (χ3n) is 4.94. The summed E-state index contributed by atoms with van der Waals surface area (Å²) in [6.07, 6.45) is -0.797. The summed E-state index contributed by atoms with van der Waals surface area (Å²) in [6, 6.07) is 16.4. The molecule has 0 aliphatic carbocycles. The second-order valence-electron chi connectivity index (χ2n) is 6.73. The van der Waals surface area contributed by atoms with Crippen molar-refractivity contribution in [3.8, 4) is 0 Å². The molecule has 1 aliphatic heterocycles. The van der Waals surface area contributed by atoms with E-state index in [0.29, 0.717) is 12.0 Å². The molecular weight excluding hydrogens is 360 g/mol. The summed E-state index contributed by atoms with van der Waals surface area (Å²) in [7, 11) is 0. The van der Waals surface area contributed by atoms with Gasteiger partial charge in [-0.3, -0.25) is 15.0 Å². The average molecular weight is 384 g/mol. The van der Waals surface area contributed by atoms with Crippen molar-refractivity contribution in [1.82, 2.24) is 4.90 Å². The van der Waals surface area contributed by atoms with Crippen LogP contribution in [-0.2, 0) is 4.74 Å². The third-order valence-corrected chi connectivity index (χ3v) is 4.94. The van der Waals surface area contributed by atoms with E-state index >= 15 is 0 Å². The Hall–Kier alpha value is -3.13. The number of primary amides is 1. The quantitative estimate of drug-likeness (QED) is 0.582. The van der Waals surface area contributed by atoms with Gasteiger partial charge in [0, 0.05) is 57.0 Å². The van der Waals surface area contributed by atoms with Crippen molar-refractivity contribution in [2.75, 3.05) is 37.6 Å². The molecule has 2 N–H and O–H groups in total. The van der Waals surface area contributed by atoms with Crippen molar-refractivity contribution >= 4 is 17.5 Å². The number of nitro groups is 1. The van der Waals surface area contributed by atoms with Crippen molar-refractivity contribution in [2.45, 2.75) is 12.5 Å². The standard InChI is InChI=1S/C20H24N4O4/c21-20(25)28-19(16-6-8-18(9-7-16)24(26)27)10-11-22-12-14-23(15-13-22)17-4-2-1-3-5-17/h1-9,19H,10-15H2,(H2,21,25). The van der Waals surface area contributed by atoms with Crippen LogP contribution < -0.4 is 10.6 Å². The molecule has 0 bridgehead atoms. The van der Waals surface area contributed by atoms with Gasteiger partial charge in [-0.15, -0.1) is 0 Å². The van der Waals surface area contributed by atoms with Gasteiger partial charge in [-0.2, -0.15) is 0 Å². The number of amides is 1. The van der Waals surface area contributed by atoms with Crippen molar-refractivity contribution in [3.63, 3.8) is 0 Å². The number of rotatable bonds is 7. The fourth-order valence-electron chi connectivity index (χ4n) is 3.41. The van der Waals surface area contributed by atoms with Crippen LogP contribution in [0.15, 0.2) is 54.6 Å². The van der Waals surface area contributed by atoms with Gasteiger partial charge in [-0.1, -0.05) is 18.2 Å². The first-order valence-electron chi connectivity index (χ1n) is 9.26. The number of anilines is 1. The first-order valence-corrected chi connectivity index (χ1v) is 9.26. The summed E-state index contributed by atoms with van der Waals surface area (Å²) < 4.78 is 5.25. The molecule has 2 aromatic carbocycles. The van der Waals surface area contributed by atoms with E-state index in [0.717, 1.165) is 32.7 Å². The molecule has 148 valence electrons. The molecule has 1 fully saturated rings. The summed E-state index contributed by atoms with van der Waals surface area (Å²) in [6.45, 7) is 4.44. The maximum atomic E-state index is 11.3. The number of carbonyl (C=O) groups is 1. The lowest BCUT2D eigenvalue weighted by Crippen LogP contribution is -2.46. The van der Waals surface area contributed by atoms with Crippen molar-refractivity contribution in [3.05, 3.63) is 70.3 Å². The summed E-state index contributed by atoms with van der Waals surface area (Å²) >= 11 is 0. The largest absolute Gasteiger partial charge is 0.441 e.